The van der Waals surface area contributed by atoms with Crippen molar-refractivity contribution >= 4 is 23.3 Å². The Labute approximate surface area is 156 Å². The van der Waals surface area contributed by atoms with Crippen LogP contribution in [-0.2, 0) is 17.8 Å². The van der Waals surface area contributed by atoms with E-state index in [9.17, 15) is 4.79 Å². The SMILES string of the molecule is C[C@H](Oc1cccc(Cl)c1)C(=O)Nc1ccn(CCc2ccncc2)n1. The molecular formula is C19H19ClN4O2. The van der Waals surface area contributed by atoms with Crippen molar-refractivity contribution in [1.82, 2.24) is 14.8 Å². The van der Waals surface area contributed by atoms with E-state index in [2.05, 4.69) is 15.4 Å². The summed E-state index contributed by atoms with van der Waals surface area (Å²) in [4.78, 5) is 16.3. The molecule has 2 aromatic heterocycles. The zero-order chi connectivity index (χ0) is 18.4. The molecular weight excluding hydrogens is 352 g/mol. The molecule has 0 radical (unpaired) electrons. The van der Waals surface area contributed by atoms with Gasteiger partial charge in [-0.2, -0.15) is 5.10 Å². The van der Waals surface area contributed by atoms with Crippen LogP contribution in [0.2, 0.25) is 5.02 Å². The monoisotopic (exact) mass is 370 g/mol. The topological polar surface area (TPSA) is 69.0 Å². The van der Waals surface area contributed by atoms with Crippen LogP contribution in [0.25, 0.3) is 0 Å². The van der Waals surface area contributed by atoms with Crippen molar-refractivity contribution in [3.8, 4) is 5.75 Å². The molecule has 2 heterocycles. The van der Waals surface area contributed by atoms with Gasteiger partial charge in [-0.3, -0.25) is 14.5 Å². The van der Waals surface area contributed by atoms with E-state index in [1.807, 2.05) is 18.3 Å². The Balaban J connectivity index is 1.52. The molecule has 0 saturated carbocycles. The van der Waals surface area contributed by atoms with Crippen LogP contribution in [0.3, 0.4) is 0 Å². The van der Waals surface area contributed by atoms with Crippen molar-refractivity contribution in [2.24, 2.45) is 0 Å². The van der Waals surface area contributed by atoms with Crippen LogP contribution in [0, 0.1) is 0 Å². The summed E-state index contributed by atoms with van der Waals surface area (Å²) in [5.41, 5.74) is 1.18. The molecule has 0 aliphatic heterocycles. The second-order valence-corrected chi connectivity index (χ2v) is 6.21. The van der Waals surface area contributed by atoms with Gasteiger partial charge in [0.25, 0.3) is 5.91 Å². The average molecular weight is 371 g/mol. The van der Waals surface area contributed by atoms with Gasteiger partial charge in [-0.15, -0.1) is 0 Å². The fraction of sp³-hybridized carbons (Fsp3) is 0.211. The van der Waals surface area contributed by atoms with Gasteiger partial charge in [-0.1, -0.05) is 17.7 Å². The number of aryl methyl sites for hydroxylation is 2. The van der Waals surface area contributed by atoms with Crippen molar-refractivity contribution < 1.29 is 9.53 Å². The van der Waals surface area contributed by atoms with E-state index in [4.69, 9.17) is 16.3 Å². The molecule has 0 bridgehead atoms. The predicted octanol–water partition coefficient (Wildman–Crippen LogP) is 3.58. The summed E-state index contributed by atoms with van der Waals surface area (Å²) in [5, 5.41) is 7.68. The van der Waals surface area contributed by atoms with Crippen LogP contribution in [0.15, 0.2) is 61.1 Å². The lowest BCUT2D eigenvalue weighted by atomic mass is 10.2. The largest absolute Gasteiger partial charge is 0.481 e. The molecule has 26 heavy (non-hydrogen) atoms. The second-order valence-electron chi connectivity index (χ2n) is 5.78. The summed E-state index contributed by atoms with van der Waals surface area (Å²) < 4.78 is 7.39. The first-order valence-electron chi connectivity index (χ1n) is 8.25. The van der Waals surface area contributed by atoms with Crippen LogP contribution in [0.1, 0.15) is 12.5 Å². The smallest absolute Gasteiger partial charge is 0.266 e. The minimum atomic E-state index is -0.671. The molecule has 0 saturated heterocycles. The molecule has 6 nitrogen and oxygen atoms in total. The summed E-state index contributed by atoms with van der Waals surface area (Å²) in [6.45, 7) is 2.39. The van der Waals surface area contributed by atoms with Crippen molar-refractivity contribution in [3.05, 3.63) is 71.6 Å². The standard InChI is InChI=1S/C19H19ClN4O2/c1-14(26-17-4-2-3-16(20)13-17)19(25)22-18-8-12-24(23-18)11-7-15-5-9-21-10-6-15/h2-6,8-10,12-14H,7,11H2,1H3,(H,22,23,25)/t14-/m0/s1. The first-order valence-corrected chi connectivity index (χ1v) is 8.63. The lowest BCUT2D eigenvalue weighted by Crippen LogP contribution is -2.30. The van der Waals surface area contributed by atoms with Gasteiger partial charge in [-0.25, -0.2) is 0 Å². The third-order valence-corrected chi connectivity index (χ3v) is 3.98. The Bertz CT molecular complexity index is 867. The zero-order valence-corrected chi connectivity index (χ0v) is 15.1. The maximum absolute atomic E-state index is 12.3. The minimum Gasteiger partial charge on any atom is -0.481 e. The number of rotatable bonds is 7. The molecule has 0 fully saturated rings. The van der Waals surface area contributed by atoms with E-state index in [0.717, 1.165) is 6.42 Å². The number of pyridine rings is 1. The van der Waals surface area contributed by atoms with E-state index in [-0.39, 0.29) is 5.91 Å². The first-order chi connectivity index (χ1) is 12.6. The summed E-state index contributed by atoms with van der Waals surface area (Å²) in [6, 6.07) is 12.6. The van der Waals surface area contributed by atoms with Crippen molar-refractivity contribution in [1.29, 1.82) is 0 Å². The molecule has 3 rings (SSSR count). The third kappa shape index (κ3) is 5.07. The number of carbonyl (C=O) groups is 1. The minimum absolute atomic E-state index is 0.274. The van der Waals surface area contributed by atoms with E-state index in [1.165, 1.54) is 5.56 Å². The zero-order valence-electron chi connectivity index (χ0n) is 14.3. The summed E-state index contributed by atoms with van der Waals surface area (Å²) in [7, 11) is 0. The van der Waals surface area contributed by atoms with Crippen molar-refractivity contribution in [2.45, 2.75) is 26.0 Å². The predicted molar refractivity (Wildman–Crippen MR) is 100 cm³/mol. The molecule has 0 aliphatic rings. The normalized spacial score (nSPS) is 11.8. The van der Waals surface area contributed by atoms with Crippen molar-refractivity contribution in [2.75, 3.05) is 5.32 Å². The number of nitrogens with zero attached hydrogens (tertiary/aromatic N) is 3. The van der Waals surface area contributed by atoms with E-state index >= 15 is 0 Å². The Kier molecular flexibility index (Phi) is 5.86. The summed E-state index contributed by atoms with van der Waals surface area (Å²) in [5.74, 6) is 0.763. The van der Waals surface area contributed by atoms with Crippen molar-refractivity contribution in [3.63, 3.8) is 0 Å². The Hall–Kier alpha value is -2.86. The second kappa shape index (κ2) is 8.49. The molecule has 0 aliphatic carbocycles. The van der Waals surface area contributed by atoms with Crippen LogP contribution >= 0.6 is 11.6 Å². The molecule has 1 aromatic carbocycles. The average Bonchev–Trinajstić information content (AvgIpc) is 3.08. The van der Waals surface area contributed by atoms with Gasteiger partial charge >= 0.3 is 0 Å². The molecule has 1 amide bonds. The van der Waals surface area contributed by atoms with Crippen LogP contribution < -0.4 is 10.1 Å². The lowest BCUT2D eigenvalue weighted by Gasteiger charge is -2.13. The van der Waals surface area contributed by atoms with Gasteiger partial charge in [0.2, 0.25) is 0 Å². The molecule has 1 atom stereocenters. The number of ether oxygens (including phenoxy) is 1. The maximum atomic E-state index is 12.3. The fourth-order valence-corrected chi connectivity index (χ4v) is 2.55. The number of hydrogen-bond donors (Lipinski definition) is 1. The highest BCUT2D eigenvalue weighted by Gasteiger charge is 2.16. The highest BCUT2D eigenvalue weighted by atomic mass is 35.5. The number of aromatic nitrogens is 3. The lowest BCUT2D eigenvalue weighted by molar-refractivity contribution is -0.122. The number of anilines is 1. The third-order valence-electron chi connectivity index (χ3n) is 3.75. The van der Waals surface area contributed by atoms with Crippen LogP contribution in [0.5, 0.6) is 5.75 Å². The molecule has 0 spiro atoms. The van der Waals surface area contributed by atoms with Gasteiger partial charge in [-0.05, 0) is 49.2 Å². The Morgan fingerprint density at radius 3 is 2.85 bits per heavy atom. The molecule has 0 unspecified atom stereocenters. The Morgan fingerprint density at radius 2 is 2.08 bits per heavy atom. The molecule has 134 valence electrons. The highest BCUT2D eigenvalue weighted by Crippen LogP contribution is 2.18. The number of carbonyl (C=O) groups excluding carboxylic acids is 1. The quantitative estimate of drug-likeness (QED) is 0.690. The Morgan fingerprint density at radius 1 is 1.27 bits per heavy atom. The van der Waals surface area contributed by atoms with Gasteiger partial charge in [0, 0.05) is 36.2 Å². The number of halogens is 1. The van der Waals surface area contributed by atoms with Gasteiger partial charge in [0.15, 0.2) is 11.9 Å². The number of amides is 1. The summed E-state index contributed by atoms with van der Waals surface area (Å²) >= 11 is 5.92. The maximum Gasteiger partial charge on any atom is 0.266 e. The van der Waals surface area contributed by atoms with Crippen LogP contribution in [0.4, 0.5) is 5.82 Å². The molecule has 3 aromatic rings. The van der Waals surface area contributed by atoms with E-state index in [1.54, 1.807) is 54.3 Å². The number of hydrogen-bond acceptors (Lipinski definition) is 4. The van der Waals surface area contributed by atoms with Crippen LogP contribution in [-0.4, -0.2) is 26.8 Å². The van der Waals surface area contributed by atoms with Gasteiger partial charge in [0.1, 0.15) is 5.75 Å². The van der Waals surface area contributed by atoms with E-state index < -0.39 is 6.10 Å². The highest BCUT2D eigenvalue weighted by molar-refractivity contribution is 6.30. The summed E-state index contributed by atoms with van der Waals surface area (Å²) in [6.07, 6.45) is 5.54. The number of nitrogens with one attached hydrogen (secondary N) is 1. The first kappa shape index (κ1) is 17.9. The molecule has 1 N–H and O–H groups in total. The fourth-order valence-electron chi connectivity index (χ4n) is 2.37. The van der Waals surface area contributed by atoms with Gasteiger partial charge < -0.3 is 10.1 Å². The van der Waals surface area contributed by atoms with E-state index in [0.29, 0.717) is 23.1 Å². The number of benzene rings is 1. The van der Waals surface area contributed by atoms with Gasteiger partial charge in [0.05, 0.1) is 0 Å². The molecule has 7 heteroatoms.